The third-order valence-electron chi connectivity index (χ3n) is 5.23. The number of carbonyl (C=O) groups is 2. The van der Waals surface area contributed by atoms with Crippen molar-refractivity contribution in [3.8, 4) is 5.75 Å². The molecule has 25 heavy (non-hydrogen) atoms. The number of hydrogen-bond donors (Lipinski definition) is 0. The maximum atomic E-state index is 12.9. The highest BCUT2D eigenvalue weighted by atomic mass is 35.5. The van der Waals surface area contributed by atoms with Gasteiger partial charge in [0.15, 0.2) is 17.1 Å². The van der Waals surface area contributed by atoms with Crippen molar-refractivity contribution >= 4 is 34.4 Å². The van der Waals surface area contributed by atoms with Crippen molar-refractivity contribution in [2.45, 2.75) is 6.42 Å². The average Bonchev–Trinajstić information content (AvgIpc) is 3.21. The first-order valence-electron chi connectivity index (χ1n) is 8.29. The minimum absolute atomic E-state index is 0.101. The number of halogens is 1. The van der Waals surface area contributed by atoms with Gasteiger partial charge < -0.3 is 19.0 Å². The van der Waals surface area contributed by atoms with Gasteiger partial charge in [0.2, 0.25) is 5.91 Å². The lowest BCUT2D eigenvalue weighted by atomic mass is 9.88. The second-order valence-corrected chi connectivity index (χ2v) is 7.20. The van der Waals surface area contributed by atoms with Crippen molar-refractivity contribution in [1.29, 1.82) is 0 Å². The lowest BCUT2D eigenvalue weighted by Crippen LogP contribution is -2.42. The Kier molecular flexibility index (Phi) is 3.87. The molecule has 0 bridgehead atoms. The zero-order valence-electron chi connectivity index (χ0n) is 14.1. The third kappa shape index (κ3) is 2.65. The molecular weight excluding hydrogens is 344 g/mol. The number of rotatable bonds is 2. The van der Waals surface area contributed by atoms with Crippen LogP contribution in [0.5, 0.6) is 5.75 Å². The van der Waals surface area contributed by atoms with Crippen molar-refractivity contribution in [2.75, 3.05) is 33.8 Å². The van der Waals surface area contributed by atoms with Gasteiger partial charge in [-0.1, -0.05) is 11.6 Å². The zero-order chi connectivity index (χ0) is 17.7. The molecule has 1 aromatic carbocycles. The van der Waals surface area contributed by atoms with Gasteiger partial charge in [-0.15, -0.1) is 0 Å². The number of ether oxygens (including phenoxy) is 1. The summed E-state index contributed by atoms with van der Waals surface area (Å²) in [5, 5.41) is 1.24. The highest BCUT2D eigenvalue weighted by molar-refractivity contribution is 6.31. The van der Waals surface area contributed by atoms with Gasteiger partial charge in [-0.05, 0) is 24.5 Å². The summed E-state index contributed by atoms with van der Waals surface area (Å²) in [6.45, 7) is 1.79. The Morgan fingerprint density at radius 2 is 2.12 bits per heavy atom. The van der Waals surface area contributed by atoms with E-state index in [2.05, 4.69) is 0 Å². The summed E-state index contributed by atoms with van der Waals surface area (Å²) in [5.74, 6) is 0.810. The van der Waals surface area contributed by atoms with E-state index in [4.69, 9.17) is 20.8 Å². The number of furan rings is 1. The van der Waals surface area contributed by atoms with E-state index >= 15 is 0 Å². The van der Waals surface area contributed by atoms with Crippen LogP contribution in [0.15, 0.2) is 22.6 Å². The zero-order valence-corrected chi connectivity index (χ0v) is 14.9. The van der Waals surface area contributed by atoms with Crippen LogP contribution in [-0.4, -0.2) is 55.4 Å². The van der Waals surface area contributed by atoms with Gasteiger partial charge in [0, 0.05) is 43.2 Å². The number of likely N-dealkylation sites (tertiary alicyclic amines) is 2. The maximum Gasteiger partial charge on any atom is 0.289 e. The predicted molar refractivity (Wildman–Crippen MR) is 92.9 cm³/mol. The van der Waals surface area contributed by atoms with Gasteiger partial charge >= 0.3 is 0 Å². The van der Waals surface area contributed by atoms with Gasteiger partial charge in [0.25, 0.3) is 5.91 Å². The van der Waals surface area contributed by atoms with Gasteiger partial charge in [-0.3, -0.25) is 9.59 Å². The van der Waals surface area contributed by atoms with Gasteiger partial charge in [0.05, 0.1) is 13.0 Å². The average molecular weight is 363 g/mol. The predicted octanol–water partition coefficient (Wildman–Crippen LogP) is 2.65. The molecular formula is C18H19ClN2O4. The van der Waals surface area contributed by atoms with E-state index in [0.717, 1.165) is 18.4 Å². The summed E-state index contributed by atoms with van der Waals surface area (Å²) in [6, 6.07) is 5.07. The SMILES string of the molecule is COc1cc(Cl)cc2cc(C(=O)N3C[C@H]4CCN(C)C(=O)[C@H]4C3)oc12. The Morgan fingerprint density at radius 3 is 2.88 bits per heavy atom. The van der Waals surface area contributed by atoms with Crippen molar-refractivity contribution in [1.82, 2.24) is 9.80 Å². The summed E-state index contributed by atoms with van der Waals surface area (Å²) in [5.41, 5.74) is 0.502. The highest BCUT2D eigenvalue weighted by Crippen LogP contribution is 2.35. The van der Waals surface area contributed by atoms with E-state index < -0.39 is 0 Å². The number of nitrogens with zero attached hydrogens (tertiary/aromatic N) is 2. The van der Waals surface area contributed by atoms with E-state index in [-0.39, 0.29) is 29.4 Å². The number of piperidine rings is 1. The number of amides is 2. The van der Waals surface area contributed by atoms with E-state index in [0.29, 0.717) is 29.4 Å². The molecule has 2 atom stereocenters. The van der Waals surface area contributed by atoms with Crippen LogP contribution in [0, 0.1) is 11.8 Å². The largest absolute Gasteiger partial charge is 0.493 e. The lowest BCUT2D eigenvalue weighted by Gasteiger charge is -2.30. The van der Waals surface area contributed by atoms with Crippen LogP contribution in [0.4, 0.5) is 0 Å². The monoisotopic (exact) mass is 362 g/mol. The van der Waals surface area contributed by atoms with Crippen LogP contribution >= 0.6 is 11.6 Å². The fourth-order valence-electron chi connectivity index (χ4n) is 3.86. The molecule has 2 amide bonds. The van der Waals surface area contributed by atoms with Crippen LogP contribution in [0.3, 0.4) is 0 Å². The molecule has 2 aromatic rings. The molecule has 0 unspecified atom stereocenters. The standard InChI is InChI=1S/C18H19ClN2O4/c1-20-4-3-10-8-21(9-13(10)17(20)22)18(23)15-6-11-5-12(19)7-14(24-2)16(11)25-15/h5-7,10,13H,3-4,8-9H2,1-2H3/t10-,13+/m1/s1. The summed E-state index contributed by atoms with van der Waals surface area (Å²) in [4.78, 5) is 28.6. The number of methoxy groups -OCH3 is 1. The Labute approximate surface area is 150 Å². The summed E-state index contributed by atoms with van der Waals surface area (Å²) >= 11 is 6.07. The summed E-state index contributed by atoms with van der Waals surface area (Å²) < 4.78 is 11.0. The fourth-order valence-corrected chi connectivity index (χ4v) is 4.08. The normalized spacial score (nSPS) is 23.2. The number of fused-ring (bicyclic) bond motifs is 2. The highest BCUT2D eigenvalue weighted by Gasteiger charge is 2.43. The minimum Gasteiger partial charge on any atom is -0.493 e. The molecule has 1 aromatic heterocycles. The first kappa shape index (κ1) is 16.3. The number of carbonyl (C=O) groups excluding carboxylic acids is 2. The molecule has 7 heteroatoms. The lowest BCUT2D eigenvalue weighted by molar-refractivity contribution is -0.137. The summed E-state index contributed by atoms with van der Waals surface area (Å²) in [6.07, 6.45) is 0.931. The number of benzene rings is 1. The van der Waals surface area contributed by atoms with Crippen molar-refractivity contribution in [3.05, 3.63) is 29.0 Å². The van der Waals surface area contributed by atoms with Crippen LogP contribution in [0.25, 0.3) is 11.0 Å². The fraction of sp³-hybridized carbons (Fsp3) is 0.444. The van der Waals surface area contributed by atoms with Crippen molar-refractivity contribution < 1.29 is 18.7 Å². The Morgan fingerprint density at radius 1 is 1.32 bits per heavy atom. The molecule has 3 heterocycles. The molecule has 0 radical (unpaired) electrons. The molecule has 0 N–H and O–H groups in total. The van der Waals surface area contributed by atoms with E-state index in [1.54, 1.807) is 28.0 Å². The minimum atomic E-state index is -0.195. The van der Waals surface area contributed by atoms with E-state index in [1.165, 1.54) is 7.11 Å². The molecule has 2 aliphatic heterocycles. The van der Waals surface area contributed by atoms with Gasteiger partial charge in [-0.2, -0.15) is 0 Å². The van der Waals surface area contributed by atoms with Crippen molar-refractivity contribution in [2.24, 2.45) is 11.8 Å². The first-order chi connectivity index (χ1) is 12.0. The molecule has 2 aliphatic rings. The molecule has 0 spiro atoms. The molecule has 2 saturated heterocycles. The van der Waals surface area contributed by atoms with Crippen LogP contribution in [-0.2, 0) is 4.79 Å². The quantitative estimate of drug-likeness (QED) is 0.824. The van der Waals surface area contributed by atoms with E-state index in [1.807, 2.05) is 7.05 Å². The number of hydrogen-bond acceptors (Lipinski definition) is 4. The molecule has 6 nitrogen and oxygen atoms in total. The molecule has 132 valence electrons. The molecule has 4 rings (SSSR count). The summed E-state index contributed by atoms with van der Waals surface area (Å²) in [7, 11) is 3.35. The topological polar surface area (TPSA) is 63.0 Å². The third-order valence-corrected chi connectivity index (χ3v) is 5.45. The Balaban J connectivity index is 1.61. The van der Waals surface area contributed by atoms with Gasteiger partial charge in [-0.25, -0.2) is 0 Å². The second-order valence-electron chi connectivity index (χ2n) is 6.76. The van der Waals surface area contributed by atoms with Gasteiger partial charge in [0.1, 0.15) is 0 Å². The van der Waals surface area contributed by atoms with Crippen LogP contribution < -0.4 is 4.74 Å². The van der Waals surface area contributed by atoms with Crippen LogP contribution in [0.2, 0.25) is 5.02 Å². The second kappa shape index (κ2) is 5.95. The first-order valence-corrected chi connectivity index (χ1v) is 8.67. The van der Waals surface area contributed by atoms with Crippen molar-refractivity contribution in [3.63, 3.8) is 0 Å². The Bertz CT molecular complexity index is 862. The van der Waals surface area contributed by atoms with Crippen LogP contribution in [0.1, 0.15) is 17.0 Å². The molecule has 0 saturated carbocycles. The maximum absolute atomic E-state index is 12.9. The smallest absolute Gasteiger partial charge is 0.289 e. The Hall–Kier alpha value is -2.21. The molecule has 0 aliphatic carbocycles. The molecule has 2 fully saturated rings. The van der Waals surface area contributed by atoms with E-state index in [9.17, 15) is 9.59 Å².